The Morgan fingerprint density at radius 2 is 1.97 bits per heavy atom. The van der Waals surface area contributed by atoms with E-state index in [1.165, 1.54) is 28.1 Å². The van der Waals surface area contributed by atoms with Crippen molar-refractivity contribution in [1.82, 2.24) is 14.2 Å². The Morgan fingerprint density at radius 1 is 1.21 bits per heavy atom. The Bertz CT molecular complexity index is 1310. The standard InChI is InChI=1S/C24H28FN3O4S/c1-27-21-13-17(32-2)6-7-19(21)22-23(27)20(14-29)26-15-24(22)8-10-28(11-9-24)33(30,31)18-5-3-4-16(25)12-18/h3-7,12-13,20,26,29H,8-11,14-15H2,1-2H3/t20-/m1/s1. The summed E-state index contributed by atoms with van der Waals surface area (Å²) in [5.74, 6) is 0.200. The normalized spacial score (nSPS) is 20.8. The van der Waals surface area contributed by atoms with Gasteiger partial charge in [0, 0.05) is 49.2 Å². The van der Waals surface area contributed by atoms with Crippen LogP contribution in [-0.4, -0.2) is 55.7 Å². The lowest BCUT2D eigenvalue weighted by molar-refractivity contribution is 0.176. The highest BCUT2D eigenvalue weighted by molar-refractivity contribution is 7.89. The van der Waals surface area contributed by atoms with Crippen LogP contribution in [0.25, 0.3) is 10.9 Å². The molecule has 5 rings (SSSR count). The molecule has 2 aliphatic heterocycles. The van der Waals surface area contributed by atoms with Crippen molar-refractivity contribution < 1.29 is 22.7 Å². The number of ether oxygens (including phenoxy) is 1. The third-order valence-corrected chi connectivity index (χ3v) is 9.19. The number of hydrogen-bond acceptors (Lipinski definition) is 5. The van der Waals surface area contributed by atoms with Crippen LogP contribution in [0.3, 0.4) is 0 Å². The fraction of sp³-hybridized carbons (Fsp3) is 0.417. The number of fused-ring (bicyclic) bond motifs is 4. The molecule has 1 aromatic heterocycles. The molecule has 176 valence electrons. The van der Waals surface area contributed by atoms with Crippen LogP contribution >= 0.6 is 0 Å². The zero-order chi connectivity index (χ0) is 23.4. The lowest BCUT2D eigenvalue weighted by atomic mass is 9.69. The number of sulfonamides is 1. The molecule has 33 heavy (non-hydrogen) atoms. The molecule has 0 radical (unpaired) electrons. The average Bonchev–Trinajstić information content (AvgIpc) is 3.13. The molecular formula is C24H28FN3O4S. The number of aromatic nitrogens is 1. The van der Waals surface area contributed by atoms with Crippen molar-refractivity contribution in [2.24, 2.45) is 7.05 Å². The molecule has 1 atom stereocenters. The first-order valence-corrected chi connectivity index (χ1v) is 12.5. The van der Waals surface area contributed by atoms with Crippen molar-refractivity contribution in [1.29, 1.82) is 0 Å². The molecule has 0 bridgehead atoms. The van der Waals surface area contributed by atoms with Crippen LogP contribution in [0.2, 0.25) is 0 Å². The first-order valence-electron chi connectivity index (χ1n) is 11.1. The molecule has 3 heterocycles. The van der Waals surface area contributed by atoms with E-state index in [0.29, 0.717) is 32.5 Å². The SMILES string of the molecule is COc1ccc2c3c(n(C)c2c1)[C@@H](CO)NCC31CCN(S(=O)(=O)c2cccc(F)c2)CC1. The van der Waals surface area contributed by atoms with Gasteiger partial charge in [-0.3, -0.25) is 0 Å². The zero-order valence-electron chi connectivity index (χ0n) is 18.7. The van der Waals surface area contributed by atoms with Crippen LogP contribution in [0, 0.1) is 5.82 Å². The summed E-state index contributed by atoms with van der Waals surface area (Å²) in [6, 6.07) is 11.0. The predicted molar refractivity (Wildman–Crippen MR) is 123 cm³/mol. The van der Waals surface area contributed by atoms with E-state index in [-0.39, 0.29) is 23.0 Å². The molecule has 0 amide bonds. The fourth-order valence-electron chi connectivity index (χ4n) is 5.54. The second-order valence-corrected chi connectivity index (χ2v) is 10.9. The highest BCUT2D eigenvalue weighted by atomic mass is 32.2. The number of piperidine rings is 1. The molecule has 0 saturated carbocycles. The number of aliphatic hydroxyl groups excluding tert-OH is 1. The Labute approximate surface area is 192 Å². The van der Waals surface area contributed by atoms with Gasteiger partial charge in [-0.05, 0) is 48.7 Å². The van der Waals surface area contributed by atoms with Crippen molar-refractivity contribution in [3.05, 3.63) is 59.5 Å². The summed E-state index contributed by atoms with van der Waals surface area (Å²) in [6.45, 7) is 1.32. The van der Waals surface area contributed by atoms with E-state index in [9.17, 15) is 17.9 Å². The Balaban J connectivity index is 1.53. The first-order chi connectivity index (χ1) is 15.8. The van der Waals surface area contributed by atoms with Crippen LogP contribution in [0.1, 0.15) is 30.1 Å². The van der Waals surface area contributed by atoms with Gasteiger partial charge < -0.3 is 19.7 Å². The smallest absolute Gasteiger partial charge is 0.243 e. The molecule has 9 heteroatoms. The summed E-state index contributed by atoms with van der Waals surface area (Å²) in [6.07, 6.45) is 1.26. The van der Waals surface area contributed by atoms with Gasteiger partial charge in [0.25, 0.3) is 0 Å². The molecule has 2 aromatic carbocycles. The number of aryl methyl sites for hydroxylation is 1. The number of rotatable bonds is 4. The fourth-order valence-corrected chi connectivity index (χ4v) is 7.01. The second-order valence-electron chi connectivity index (χ2n) is 8.96. The van der Waals surface area contributed by atoms with Crippen LogP contribution in [0.5, 0.6) is 5.75 Å². The van der Waals surface area contributed by atoms with Crippen LogP contribution < -0.4 is 10.1 Å². The van der Waals surface area contributed by atoms with Crippen molar-refractivity contribution in [3.8, 4) is 5.75 Å². The quantitative estimate of drug-likeness (QED) is 0.609. The second kappa shape index (κ2) is 8.09. The molecule has 1 saturated heterocycles. The minimum atomic E-state index is -3.77. The van der Waals surface area contributed by atoms with Crippen molar-refractivity contribution in [2.45, 2.75) is 29.2 Å². The van der Waals surface area contributed by atoms with Gasteiger partial charge in [-0.25, -0.2) is 12.8 Å². The number of halogens is 1. The summed E-state index contributed by atoms with van der Waals surface area (Å²) in [5, 5.41) is 14.6. The number of methoxy groups -OCH3 is 1. The largest absolute Gasteiger partial charge is 0.497 e. The topological polar surface area (TPSA) is 83.8 Å². The number of aliphatic hydroxyl groups is 1. The van der Waals surface area contributed by atoms with E-state index in [1.807, 2.05) is 19.2 Å². The third-order valence-electron chi connectivity index (χ3n) is 7.30. The highest BCUT2D eigenvalue weighted by Crippen LogP contribution is 2.47. The monoisotopic (exact) mass is 473 g/mol. The summed E-state index contributed by atoms with van der Waals surface area (Å²) in [7, 11) is -0.137. The third kappa shape index (κ3) is 3.45. The molecule has 7 nitrogen and oxygen atoms in total. The van der Waals surface area contributed by atoms with E-state index in [0.717, 1.165) is 28.4 Å². The van der Waals surface area contributed by atoms with Crippen LogP contribution in [0.4, 0.5) is 4.39 Å². The minimum Gasteiger partial charge on any atom is -0.497 e. The van der Waals surface area contributed by atoms with Gasteiger partial charge in [-0.1, -0.05) is 6.07 Å². The highest BCUT2D eigenvalue weighted by Gasteiger charge is 2.46. The molecule has 3 aromatic rings. The molecule has 1 fully saturated rings. The predicted octanol–water partition coefficient (Wildman–Crippen LogP) is 2.69. The maximum atomic E-state index is 13.7. The van der Waals surface area contributed by atoms with E-state index in [4.69, 9.17) is 4.74 Å². The maximum Gasteiger partial charge on any atom is 0.243 e. The molecule has 0 unspecified atom stereocenters. The average molecular weight is 474 g/mol. The number of nitrogens with one attached hydrogen (secondary N) is 1. The first kappa shape index (κ1) is 22.3. The number of nitrogens with zero attached hydrogens (tertiary/aromatic N) is 2. The van der Waals surface area contributed by atoms with E-state index >= 15 is 0 Å². The van der Waals surface area contributed by atoms with Gasteiger partial charge in [0.1, 0.15) is 11.6 Å². The van der Waals surface area contributed by atoms with Gasteiger partial charge in [0.05, 0.1) is 30.2 Å². The van der Waals surface area contributed by atoms with Gasteiger partial charge >= 0.3 is 0 Å². The van der Waals surface area contributed by atoms with E-state index in [2.05, 4.69) is 16.0 Å². The van der Waals surface area contributed by atoms with Gasteiger partial charge in [0.2, 0.25) is 10.0 Å². The molecule has 0 aliphatic carbocycles. The number of hydrogen-bond donors (Lipinski definition) is 2. The Morgan fingerprint density at radius 3 is 2.64 bits per heavy atom. The Hall–Kier alpha value is -2.46. The summed E-state index contributed by atoms with van der Waals surface area (Å²) in [5.41, 5.74) is 2.98. The number of benzene rings is 2. The summed E-state index contributed by atoms with van der Waals surface area (Å²) in [4.78, 5) is -0.0153. The molecule has 2 aliphatic rings. The van der Waals surface area contributed by atoms with E-state index < -0.39 is 15.8 Å². The van der Waals surface area contributed by atoms with Crippen LogP contribution in [-0.2, 0) is 22.5 Å². The lowest BCUT2D eigenvalue weighted by Crippen LogP contribution is -2.53. The van der Waals surface area contributed by atoms with Crippen molar-refractivity contribution >= 4 is 20.9 Å². The Kier molecular flexibility index (Phi) is 5.48. The molecule has 2 N–H and O–H groups in total. The summed E-state index contributed by atoms with van der Waals surface area (Å²) < 4.78 is 48.9. The van der Waals surface area contributed by atoms with Crippen molar-refractivity contribution in [2.75, 3.05) is 33.4 Å². The maximum absolute atomic E-state index is 13.7. The zero-order valence-corrected chi connectivity index (χ0v) is 19.5. The molecular weight excluding hydrogens is 445 g/mol. The van der Waals surface area contributed by atoms with Crippen molar-refractivity contribution in [3.63, 3.8) is 0 Å². The van der Waals surface area contributed by atoms with Gasteiger partial charge in [-0.15, -0.1) is 0 Å². The minimum absolute atomic E-state index is 0.0153. The van der Waals surface area contributed by atoms with Crippen LogP contribution in [0.15, 0.2) is 47.4 Å². The van der Waals surface area contributed by atoms with Gasteiger partial charge in [0.15, 0.2) is 0 Å². The van der Waals surface area contributed by atoms with E-state index in [1.54, 1.807) is 7.11 Å². The van der Waals surface area contributed by atoms with Gasteiger partial charge in [-0.2, -0.15) is 4.31 Å². The summed E-state index contributed by atoms with van der Waals surface area (Å²) >= 11 is 0. The molecule has 1 spiro atoms. The lowest BCUT2D eigenvalue weighted by Gasteiger charge is -2.46.